The Labute approximate surface area is 105 Å². The van der Waals surface area contributed by atoms with E-state index in [0.717, 1.165) is 10.8 Å². The van der Waals surface area contributed by atoms with Gasteiger partial charge in [-0.15, -0.1) is 0 Å². The first kappa shape index (κ1) is 11.3. The third-order valence-corrected chi connectivity index (χ3v) is 2.75. The van der Waals surface area contributed by atoms with E-state index >= 15 is 0 Å². The van der Waals surface area contributed by atoms with E-state index in [1.54, 1.807) is 18.2 Å². The molecule has 0 saturated heterocycles. The van der Waals surface area contributed by atoms with Crippen LogP contribution in [-0.2, 0) is 0 Å². The maximum Gasteiger partial charge on any atom is 0.218 e. The molecule has 2 aromatic rings. The molecule has 0 aliphatic heterocycles. The van der Waals surface area contributed by atoms with Gasteiger partial charge < -0.3 is 5.32 Å². The lowest BCUT2D eigenvalue weighted by atomic mass is 10.3. The molecular formula is C10H6BrClFN3. The molecule has 0 bridgehead atoms. The van der Waals surface area contributed by atoms with E-state index in [0.29, 0.717) is 16.5 Å². The number of halogens is 3. The van der Waals surface area contributed by atoms with Gasteiger partial charge in [0.1, 0.15) is 12.1 Å². The van der Waals surface area contributed by atoms with Crippen molar-refractivity contribution in [2.75, 3.05) is 5.32 Å². The molecule has 3 nitrogen and oxygen atoms in total. The number of anilines is 2. The highest BCUT2D eigenvalue weighted by Crippen LogP contribution is 2.28. The van der Waals surface area contributed by atoms with Gasteiger partial charge in [0, 0.05) is 15.6 Å². The van der Waals surface area contributed by atoms with Crippen LogP contribution in [0.2, 0.25) is 5.02 Å². The second-order valence-corrected chi connectivity index (χ2v) is 4.27. The highest BCUT2D eigenvalue weighted by Gasteiger charge is 2.03. The molecule has 2 rings (SSSR count). The molecule has 82 valence electrons. The quantitative estimate of drug-likeness (QED) is 0.858. The largest absolute Gasteiger partial charge is 0.339 e. The van der Waals surface area contributed by atoms with Crippen molar-refractivity contribution in [3.8, 4) is 0 Å². The number of hydrogen-bond donors (Lipinski definition) is 1. The summed E-state index contributed by atoms with van der Waals surface area (Å²) in [6.07, 6.45) is 1.15. The molecule has 1 heterocycles. The normalized spacial score (nSPS) is 10.2. The van der Waals surface area contributed by atoms with Gasteiger partial charge in [-0.05, 0) is 34.1 Å². The summed E-state index contributed by atoms with van der Waals surface area (Å²) >= 11 is 9.19. The second kappa shape index (κ2) is 4.76. The monoisotopic (exact) mass is 301 g/mol. The van der Waals surface area contributed by atoms with E-state index in [9.17, 15) is 4.39 Å². The smallest absolute Gasteiger partial charge is 0.218 e. The summed E-state index contributed by atoms with van der Waals surface area (Å²) in [6, 6.07) is 6.46. The Bertz CT molecular complexity index is 521. The SMILES string of the molecule is Fc1cc(Nc2cc(Cl)ccc2Br)ncn1. The lowest BCUT2D eigenvalue weighted by Crippen LogP contribution is -1.96. The molecule has 1 aromatic heterocycles. The third-order valence-electron chi connectivity index (χ3n) is 1.82. The van der Waals surface area contributed by atoms with Gasteiger partial charge in [-0.2, -0.15) is 4.39 Å². The van der Waals surface area contributed by atoms with Crippen LogP contribution >= 0.6 is 27.5 Å². The Morgan fingerprint density at radius 2 is 2.06 bits per heavy atom. The summed E-state index contributed by atoms with van der Waals surface area (Å²) in [7, 11) is 0. The topological polar surface area (TPSA) is 37.8 Å². The van der Waals surface area contributed by atoms with Crippen LogP contribution in [0.25, 0.3) is 0 Å². The van der Waals surface area contributed by atoms with Crippen molar-refractivity contribution in [3.05, 3.63) is 46.0 Å². The number of aromatic nitrogens is 2. The van der Waals surface area contributed by atoms with Gasteiger partial charge in [0.2, 0.25) is 5.95 Å². The molecule has 1 N–H and O–H groups in total. The number of benzene rings is 1. The Balaban J connectivity index is 2.30. The molecule has 0 radical (unpaired) electrons. The highest BCUT2D eigenvalue weighted by molar-refractivity contribution is 9.10. The van der Waals surface area contributed by atoms with Gasteiger partial charge in [-0.1, -0.05) is 11.6 Å². The van der Waals surface area contributed by atoms with Gasteiger partial charge >= 0.3 is 0 Å². The van der Waals surface area contributed by atoms with Crippen molar-refractivity contribution in [3.63, 3.8) is 0 Å². The van der Waals surface area contributed by atoms with E-state index in [1.165, 1.54) is 6.07 Å². The van der Waals surface area contributed by atoms with Crippen LogP contribution in [0, 0.1) is 5.95 Å². The van der Waals surface area contributed by atoms with E-state index in [2.05, 4.69) is 31.2 Å². The van der Waals surface area contributed by atoms with Crippen molar-refractivity contribution < 1.29 is 4.39 Å². The average Bonchev–Trinajstić information content (AvgIpc) is 2.24. The zero-order valence-corrected chi connectivity index (χ0v) is 10.3. The number of rotatable bonds is 2. The van der Waals surface area contributed by atoms with E-state index in [-0.39, 0.29) is 0 Å². The van der Waals surface area contributed by atoms with Crippen LogP contribution in [0.4, 0.5) is 15.9 Å². The van der Waals surface area contributed by atoms with Gasteiger partial charge in [0.05, 0.1) is 5.69 Å². The van der Waals surface area contributed by atoms with Crippen LogP contribution in [0.3, 0.4) is 0 Å². The predicted molar refractivity (Wildman–Crippen MR) is 64.4 cm³/mol. The first-order valence-electron chi connectivity index (χ1n) is 4.35. The second-order valence-electron chi connectivity index (χ2n) is 2.98. The first-order valence-corrected chi connectivity index (χ1v) is 5.52. The van der Waals surface area contributed by atoms with Gasteiger partial charge in [-0.25, -0.2) is 9.97 Å². The number of nitrogens with zero attached hydrogens (tertiary/aromatic N) is 2. The molecule has 0 atom stereocenters. The predicted octanol–water partition coefficient (Wildman–Crippen LogP) is 3.78. The van der Waals surface area contributed by atoms with E-state index in [4.69, 9.17) is 11.6 Å². The van der Waals surface area contributed by atoms with Crippen molar-refractivity contribution in [2.45, 2.75) is 0 Å². The molecule has 0 fully saturated rings. The fraction of sp³-hybridized carbons (Fsp3) is 0. The summed E-state index contributed by atoms with van der Waals surface area (Å²) in [4.78, 5) is 7.25. The zero-order valence-electron chi connectivity index (χ0n) is 7.92. The fourth-order valence-corrected chi connectivity index (χ4v) is 1.65. The fourth-order valence-electron chi connectivity index (χ4n) is 1.13. The van der Waals surface area contributed by atoms with Crippen molar-refractivity contribution >= 4 is 39.0 Å². The molecule has 0 amide bonds. The molecule has 0 aliphatic carbocycles. The highest BCUT2D eigenvalue weighted by atomic mass is 79.9. The van der Waals surface area contributed by atoms with Crippen molar-refractivity contribution in [2.24, 2.45) is 0 Å². The van der Waals surface area contributed by atoms with Gasteiger partial charge in [0.25, 0.3) is 0 Å². The number of hydrogen-bond acceptors (Lipinski definition) is 3. The van der Waals surface area contributed by atoms with Crippen molar-refractivity contribution in [1.29, 1.82) is 0 Å². The van der Waals surface area contributed by atoms with Crippen LogP contribution < -0.4 is 5.32 Å². The Hall–Kier alpha value is -1.20. The lowest BCUT2D eigenvalue weighted by Gasteiger charge is -2.07. The molecule has 1 aromatic carbocycles. The average molecular weight is 303 g/mol. The summed E-state index contributed by atoms with van der Waals surface area (Å²) in [5, 5.41) is 3.51. The van der Waals surface area contributed by atoms with Crippen molar-refractivity contribution in [1.82, 2.24) is 9.97 Å². The molecular weight excluding hydrogens is 296 g/mol. The molecule has 0 spiro atoms. The lowest BCUT2D eigenvalue weighted by molar-refractivity contribution is 0.580. The van der Waals surface area contributed by atoms with E-state index < -0.39 is 5.95 Å². The zero-order chi connectivity index (χ0) is 11.5. The molecule has 16 heavy (non-hydrogen) atoms. The minimum Gasteiger partial charge on any atom is -0.339 e. The molecule has 0 saturated carbocycles. The standard InChI is InChI=1S/C10H6BrClFN3/c11-7-2-1-6(12)3-8(7)16-10-4-9(13)14-5-15-10/h1-5H,(H,14,15,16). The maximum absolute atomic E-state index is 12.8. The first-order chi connectivity index (χ1) is 7.65. The minimum atomic E-state index is -0.587. The maximum atomic E-state index is 12.8. The molecule has 0 aliphatic rings. The summed E-state index contributed by atoms with van der Waals surface area (Å²) in [5.41, 5.74) is 0.714. The Morgan fingerprint density at radius 3 is 2.81 bits per heavy atom. The summed E-state index contributed by atoms with van der Waals surface area (Å²) in [5.74, 6) is -0.217. The van der Waals surface area contributed by atoms with E-state index in [1.807, 2.05) is 0 Å². The van der Waals surface area contributed by atoms with Crippen LogP contribution in [0.15, 0.2) is 35.1 Å². The van der Waals surface area contributed by atoms with Crippen LogP contribution in [0.5, 0.6) is 0 Å². The molecule has 0 unspecified atom stereocenters. The summed E-state index contributed by atoms with van der Waals surface area (Å²) < 4.78 is 13.6. The van der Waals surface area contributed by atoms with Gasteiger partial charge in [0.15, 0.2) is 0 Å². The van der Waals surface area contributed by atoms with Gasteiger partial charge in [-0.3, -0.25) is 0 Å². The third kappa shape index (κ3) is 2.68. The van der Waals surface area contributed by atoms with Crippen LogP contribution in [-0.4, -0.2) is 9.97 Å². The minimum absolute atomic E-state index is 0.371. The molecule has 6 heteroatoms. The Morgan fingerprint density at radius 1 is 1.25 bits per heavy atom. The van der Waals surface area contributed by atoms with Crippen LogP contribution in [0.1, 0.15) is 0 Å². The summed E-state index contributed by atoms with van der Waals surface area (Å²) in [6.45, 7) is 0. The Kier molecular flexibility index (Phi) is 3.36. The number of nitrogens with one attached hydrogen (secondary N) is 1.